The Hall–Kier alpha value is -0.300. The maximum absolute atomic E-state index is 3.97. The molecule has 0 aromatic carbocycles. The highest BCUT2D eigenvalue weighted by Gasteiger charge is 2.32. The summed E-state index contributed by atoms with van der Waals surface area (Å²) in [4.78, 5) is 2.44. The Bertz CT molecular complexity index is 164. The number of piperidine rings is 1. The molecule has 2 atom stereocenters. The normalized spacial score (nSPS) is 38.1. The second-order valence-corrected chi connectivity index (χ2v) is 4.20. The highest BCUT2D eigenvalue weighted by Crippen LogP contribution is 2.37. The average Bonchev–Trinajstić information content (AvgIpc) is 2.10. The molecule has 1 rings (SSSR count). The van der Waals surface area contributed by atoms with Gasteiger partial charge >= 0.3 is 0 Å². The predicted molar refractivity (Wildman–Crippen MR) is 54.2 cm³/mol. The fourth-order valence-corrected chi connectivity index (χ4v) is 2.12. The second kappa shape index (κ2) is 3.61. The van der Waals surface area contributed by atoms with Gasteiger partial charge in [-0.2, -0.15) is 0 Å². The summed E-state index contributed by atoms with van der Waals surface area (Å²) in [5.74, 6) is 0. The van der Waals surface area contributed by atoms with Crippen molar-refractivity contribution in [3.05, 3.63) is 12.7 Å². The summed E-state index contributed by atoms with van der Waals surface area (Å²) < 4.78 is 0. The van der Waals surface area contributed by atoms with Crippen LogP contribution in [-0.4, -0.2) is 24.5 Å². The predicted octanol–water partition coefficient (Wildman–Crippen LogP) is 2.68. The SMILES string of the molecule is C=CC1(CC)CCN(C)C(C)C1. The van der Waals surface area contributed by atoms with Gasteiger partial charge in [0, 0.05) is 6.04 Å². The number of hydrogen-bond donors (Lipinski definition) is 0. The summed E-state index contributed by atoms with van der Waals surface area (Å²) in [5.41, 5.74) is 0.436. The van der Waals surface area contributed by atoms with E-state index in [-0.39, 0.29) is 0 Å². The highest BCUT2D eigenvalue weighted by molar-refractivity contribution is 4.99. The van der Waals surface area contributed by atoms with Crippen molar-refractivity contribution in [1.29, 1.82) is 0 Å². The molecule has 1 heteroatoms. The van der Waals surface area contributed by atoms with E-state index in [2.05, 4.69) is 38.5 Å². The molecule has 0 aliphatic carbocycles. The lowest BCUT2D eigenvalue weighted by molar-refractivity contribution is 0.107. The molecule has 0 spiro atoms. The lowest BCUT2D eigenvalue weighted by Crippen LogP contribution is -2.42. The fourth-order valence-electron chi connectivity index (χ4n) is 2.12. The van der Waals surface area contributed by atoms with Gasteiger partial charge in [-0.1, -0.05) is 13.0 Å². The highest BCUT2D eigenvalue weighted by atomic mass is 15.1. The molecule has 1 aliphatic heterocycles. The molecule has 0 saturated carbocycles. The first-order chi connectivity index (χ1) is 5.63. The molecule has 2 unspecified atom stereocenters. The first-order valence-electron chi connectivity index (χ1n) is 4.97. The molecule has 0 radical (unpaired) electrons. The quantitative estimate of drug-likeness (QED) is 0.572. The third-order valence-electron chi connectivity index (χ3n) is 3.55. The van der Waals surface area contributed by atoms with Crippen LogP contribution < -0.4 is 0 Å². The first-order valence-corrected chi connectivity index (χ1v) is 4.97. The van der Waals surface area contributed by atoms with Gasteiger partial charge in [-0.15, -0.1) is 6.58 Å². The van der Waals surface area contributed by atoms with E-state index >= 15 is 0 Å². The van der Waals surface area contributed by atoms with Crippen molar-refractivity contribution >= 4 is 0 Å². The van der Waals surface area contributed by atoms with Crippen LogP contribution in [0.5, 0.6) is 0 Å². The number of nitrogens with zero attached hydrogens (tertiary/aromatic N) is 1. The van der Waals surface area contributed by atoms with Crippen LogP contribution in [-0.2, 0) is 0 Å². The van der Waals surface area contributed by atoms with Crippen molar-refractivity contribution in [2.75, 3.05) is 13.6 Å². The van der Waals surface area contributed by atoms with Crippen molar-refractivity contribution in [3.8, 4) is 0 Å². The van der Waals surface area contributed by atoms with E-state index in [0.29, 0.717) is 5.41 Å². The Morgan fingerprint density at radius 3 is 2.75 bits per heavy atom. The fraction of sp³-hybridized carbons (Fsp3) is 0.818. The van der Waals surface area contributed by atoms with Gasteiger partial charge in [0.2, 0.25) is 0 Å². The van der Waals surface area contributed by atoms with Crippen LogP contribution in [0.3, 0.4) is 0 Å². The molecule has 0 bridgehead atoms. The van der Waals surface area contributed by atoms with Crippen LogP contribution in [0, 0.1) is 5.41 Å². The lowest BCUT2D eigenvalue weighted by Gasteiger charge is -2.42. The number of hydrogen-bond acceptors (Lipinski definition) is 1. The number of allylic oxidation sites excluding steroid dienone is 1. The van der Waals surface area contributed by atoms with Gasteiger partial charge in [-0.3, -0.25) is 0 Å². The van der Waals surface area contributed by atoms with Crippen molar-refractivity contribution < 1.29 is 0 Å². The molecule has 0 aromatic heterocycles. The lowest BCUT2D eigenvalue weighted by atomic mass is 9.74. The molecule has 70 valence electrons. The molecule has 0 aromatic rings. The topological polar surface area (TPSA) is 3.24 Å². The van der Waals surface area contributed by atoms with E-state index in [1.807, 2.05) is 0 Å². The van der Waals surface area contributed by atoms with Crippen LogP contribution in [0.15, 0.2) is 12.7 Å². The molecule has 0 amide bonds. The van der Waals surface area contributed by atoms with E-state index < -0.39 is 0 Å². The third kappa shape index (κ3) is 1.71. The van der Waals surface area contributed by atoms with Crippen molar-refractivity contribution in [3.63, 3.8) is 0 Å². The molecule has 1 saturated heterocycles. The molecule has 1 aliphatic rings. The van der Waals surface area contributed by atoms with Gasteiger partial charge in [0.05, 0.1) is 0 Å². The largest absolute Gasteiger partial charge is 0.304 e. The third-order valence-corrected chi connectivity index (χ3v) is 3.55. The summed E-state index contributed by atoms with van der Waals surface area (Å²) in [5, 5.41) is 0. The summed E-state index contributed by atoms with van der Waals surface area (Å²) in [7, 11) is 2.22. The summed E-state index contributed by atoms with van der Waals surface area (Å²) in [6, 6.07) is 0.719. The van der Waals surface area contributed by atoms with Crippen LogP contribution in [0.1, 0.15) is 33.1 Å². The van der Waals surface area contributed by atoms with Gasteiger partial charge in [0.25, 0.3) is 0 Å². The molecule has 1 fully saturated rings. The molecule has 1 heterocycles. The van der Waals surface area contributed by atoms with Crippen LogP contribution >= 0.6 is 0 Å². The Kier molecular flexibility index (Phi) is 2.94. The molecule has 1 nitrogen and oxygen atoms in total. The molecular formula is C11H21N. The van der Waals surface area contributed by atoms with E-state index in [0.717, 1.165) is 6.04 Å². The second-order valence-electron chi connectivity index (χ2n) is 4.20. The maximum Gasteiger partial charge on any atom is 0.00721 e. The van der Waals surface area contributed by atoms with E-state index in [1.54, 1.807) is 0 Å². The summed E-state index contributed by atoms with van der Waals surface area (Å²) in [6.07, 6.45) is 5.99. The first kappa shape index (κ1) is 9.79. The zero-order chi connectivity index (χ0) is 9.19. The van der Waals surface area contributed by atoms with Crippen LogP contribution in [0.4, 0.5) is 0 Å². The number of rotatable bonds is 2. The van der Waals surface area contributed by atoms with Gasteiger partial charge in [-0.05, 0) is 45.2 Å². The minimum Gasteiger partial charge on any atom is -0.304 e. The van der Waals surface area contributed by atoms with Crippen molar-refractivity contribution in [1.82, 2.24) is 4.90 Å². The Morgan fingerprint density at radius 2 is 2.33 bits per heavy atom. The number of likely N-dealkylation sites (tertiary alicyclic amines) is 1. The Morgan fingerprint density at radius 1 is 1.67 bits per heavy atom. The van der Waals surface area contributed by atoms with Crippen LogP contribution in [0.25, 0.3) is 0 Å². The minimum absolute atomic E-state index is 0.436. The average molecular weight is 167 g/mol. The zero-order valence-corrected chi connectivity index (χ0v) is 8.64. The standard InChI is InChI=1S/C11H21N/c1-5-11(6-2)7-8-12(4)10(3)9-11/h5,10H,1,6-9H2,2-4H3. The Balaban J connectivity index is 2.64. The van der Waals surface area contributed by atoms with E-state index in [9.17, 15) is 0 Å². The molecule has 12 heavy (non-hydrogen) atoms. The Labute approximate surface area is 76.5 Å². The zero-order valence-electron chi connectivity index (χ0n) is 8.64. The van der Waals surface area contributed by atoms with Gasteiger partial charge in [-0.25, -0.2) is 0 Å². The van der Waals surface area contributed by atoms with Gasteiger partial charge < -0.3 is 4.90 Å². The summed E-state index contributed by atoms with van der Waals surface area (Å²) in [6.45, 7) is 9.78. The van der Waals surface area contributed by atoms with E-state index in [1.165, 1.54) is 25.8 Å². The van der Waals surface area contributed by atoms with E-state index in [4.69, 9.17) is 0 Å². The molecule has 0 N–H and O–H groups in total. The summed E-state index contributed by atoms with van der Waals surface area (Å²) >= 11 is 0. The van der Waals surface area contributed by atoms with Crippen LogP contribution in [0.2, 0.25) is 0 Å². The van der Waals surface area contributed by atoms with Gasteiger partial charge in [0.1, 0.15) is 0 Å². The maximum atomic E-state index is 3.97. The molecular weight excluding hydrogens is 146 g/mol. The monoisotopic (exact) mass is 167 g/mol. The van der Waals surface area contributed by atoms with Crippen molar-refractivity contribution in [2.24, 2.45) is 5.41 Å². The van der Waals surface area contributed by atoms with Gasteiger partial charge in [0.15, 0.2) is 0 Å². The smallest absolute Gasteiger partial charge is 0.00721 e. The van der Waals surface area contributed by atoms with Crippen molar-refractivity contribution in [2.45, 2.75) is 39.2 Å². The minimum atomic E-state index is 0.436.